The van der Waals surface area contributed by atoms with Crippen LogP contribution >= 0.6 is 0 Å². The molecular formula is C26H25N3O6S. The molecular weight excluding hydrogens is 482 g/mol. The number of carbonyl (C=O) groups excluding carboxylic acids is 1. The highest BCUT2D eigenvalue weighted by Gasteiger charge is 2.23. The van der Waals surface area contributed by atoms with E-state index < -0.39 is 15.8 Å². The Morgan fingerprint density at radius 3 is 2.03 bits per heavy atom. The van der Waals surface area contributed by atoms with E-state index in [0.29, 0.717) is 12.3 Å². The molecule has 0 N–H and O–H groups in total. The van der Waals surface area contributed by atoms with E-state index in [9.17, 15) is 13.2 Å². The summed E-state index contributed by atoms with van der Waals surface area (Å²) in [6.07, 6.45) is 1.17. The lowest BCUT2D eigenvalue weighted by Crippen LogP contribution is -2.09. The molecule has 0 saturated heterocycles. The number of ether oxygens (including phenoxy) is 3. The molecule has 0 saturated carbocycles. The van der Waals surface area contributed by atoms with E-state index in [1.165, 1.54) is 10.9 Å². The third-order valence-corrected chi connectivity index (χ3v) is 6.46. The van der Waals surface area contributed by atoms with Gasteiger partial charge in [0, 0.05) is 6.26 Å². The van der Waals surface area contributed by atoms with Crippen LogP contribution in [0, 0.1) is 0 Å². The molecule has 186 valence electrons. The number of methoxy groups -OCH3 is 1. The molecule has 4 aromatic rings. The van der Waals surface area contributed by atoms with Crippen molar-refractivity contribution in [1.82, 2.24) is 15.0 Å². The second kappa shape index (κ2) is 10.6. The Bertz CT molecular complexity index is 1450. The van der Waals surface area contributed by atoms with E-state index in [0.717, 1.165) is 22.4 Å². The van der Waals surface area contributed by atoms with E-state index in [1.807, 2.05) is 36.4 Å². The molecule has 0 aliphatic heterocycles. The fourth-order valence-electron chi connectivity index (χ4n) is 3.46. The summed E-state index contributed by atoms with van der Waals surface area (Å²) < 4.78 is 41.3. The fraction of sp³-hybridized carbons (Fsp3) is 0.192. The van der Waals surface area contributed by atoms with Crippen LogP contribution in [-0.2, 0) is 21.1 Å². The summed E-state index contributed by atoms with van der Waals surface area (Å²) in [5, 5.41) is 8.10. The third kappa shape index (κ3) is 5.72. The van der Waals surface area contributed by atoms with Gasteiger partial charge < -0.3 is 14.2 Å². The maximum atomic E-state index is 12.5. The molecule has 0 unspecified atom stereocenters. The van der Waals surface area contributed by atoms with Crippen LogP contribution in [0.5, 0.6) is 17.4 Å². The van der Waals surface area contributed by atoms with Crippen LogP contribution < -0.4 is 9.47 Å². The zero-order valence-electron chi connectivity index (χ0n) is 20.0. The summed E-state index contributed by atoms with van der Waals surface area (Å²) in [5.41, 5.74) is 2.62. The maximum Gasteiger partial charge on any atom is 0.364 e. The number of carbonyl (C=O) groups is 1. The van der Waals surface area contributed by atoms with Gasteiger partial charge in [-0.25, -0.2) is 17.9 Å². The van der Waals surface area contributed by atoms with Gasteiger partial charge in [0.1, 0.15) is 11.5 Å². The van der Waals surface area contributed by atoms with Crippen molar-refractivity contribution >= 4 is 15.8 Å². The number of benzene rings is 3. The molecule has 3 aromatic carbocycles. The van der Waals surface area contributed by atoms with Gasteiger partial charge in [-0.2, -0.15) is 0 Å². The number of sulfone groups is 1. The predicted molar refractivity (Wildman–Crippen MR) is 133 cm³/mol. The first kappa shape index (κ1) is 24.9. The Balaban J connectivity index is 1.59. The lowest BCUT2D eigenvalue weighted by molar-refractivity contribution is 0.0516. The zero-order chi connectivity index (χ0) is 25.7. The molecule has 10 heteroatoms. The maximum absolute atomic E-state index is 12.5. The van der Waals surface area contributed by atoms with Gasteiger partial charge in [0.25, 0.3) is 5.88 Å². The van der Waals surface area contributed by atoms with E-state index in [1.54, 1.807) is 50.4 Å². The molecule has 36 heavy (non-hydrogen) atoms. The molecule has 0 radical (unpaired) electrons. The summed E-state index contributed by atoms with van der Waals surface area (Å²) in [6.45, 7) is 2.22. The van der Waals surface area contributed by atoms with E-state index in [4.69, 9.17) is 14.2 Å². The van der Waals surface area contributed by atoms with Crippen molar-refractivity contribution in [2.24, 2.45) is 0 Å². The Morgan fingerprint density at radius 2 is 1.47 bits per heavy atom. The third-order valence-electron chi connectivity index (χ3n) is 5.33. The van der Waals surface area contributed by atoms with Crippen LogP contribution in [-0.4, -0.2) is 49.4 Å². The molecule has 4 rings (SSSR count). The quantitative estimate of drug-likeness (QED) is 0.307. The molecule has 0 amide bonds. The molecule has 1 heterocycles. The lowest BCUT2D eigenvalue weighted by Gasteiger charge is -2.11. The Labute approximate surface area is 209 Å². The number of nitrogens with zero attached hydrogens (tertiary/aromatic N) is 3. The summed E-state index contributed by atoms with van der Waals surface area (Å²) in [5.74, 6) is 0.730. The molecule has 0 fully saturated rings. The number of hydrogen-bond acceptors (Lipinski definition) is 8. The Hall–Kier alpha value is -4.18. The second-order valence-corrected chi connectivity index (χ2v) is 9.91. The minimum Gasteiger partial charge on any atom is -0.497 e. The van der Waals surface area contributed by atoms with Gasteiger partial charge in [0.05, 0.1) is 25.2 Å². The fourth-order valence-corrected chi connectivity index (χ4v) is 4.09. The van der Waals surface area contributed by atoms with Crippen LogP contribution in [0.4, 0.5) is 0 Å². The largest absolute Gasteiger partial charge is 0.497 e. The van der Waals surface area contributed by atoms with Gasteiger partial charge in [-0.3, -0.25) is 0 Å². The van der Waals surface area contributed by atoms with Gasteiger partial charge in [-0.1, -0.05) is 41.6 Å². The molecule has 0 aliphatic carbocycles. The van der Waals surface area contributed by atoms with Crippen molar-refractivity contribution in [3.63, 3.8) is 0 Å². The second-order valence-electron chi connectivity index (χ2n) is 7.89. The van der Waals surface area contributed by atoms with Crippen LogP contribution in [0.1, 0.15) is 23.0 Å². The number of esters is 1. The van der Waals surface area contributed by atoms with Crippen LogP contribution in [0.2, 0.25) is 0 Å². The SMILES string of the molecule is CCOC(=O)c1nnn(Cc2ccc(OC)cc2)c1Oc1ccc(-c2ccc(S(C)(=O)=O)cc2)cc1. The van der Waals surface area contributed by atoms with E-state index in [-0.39, 0.29) is 23.1 Å². The van der Waals surface area contributed by atoms with Crippen LogP contribution in [0.15, 0.2) is 77.7 Å². The zero-order valence-corrected chi connectivity index (χ0v) is 20.9. The van der Waals surface area contributed by atoms with Crippen molar-refractivity contribution < 1.29 is 27.4 Å². The van der Waals surface area contributed by atoms with Gasteiger partial charge in [-0.05, 0) is 60.0 Å². The highest BCUT2D eigenvalue weighted by atomic mass is 32.2. The Morgan fingerprint density at radius 1 is 0.889 bits per heavy atom. The van der Waals surface area contributed by atoms with Crippen LogP contribution in [0.25, 0.3) is 11.1 Å². The molecule has 0 spiro atoms. The summed E-state index contributed by atoms with van der Waals surface area (Å²) in [7, 11) is -1.66. The topological polar surface area (TPSA) is 110 Å². The van der Waals surface area contributed by atoms with E-state index in [2.05, 4.69) is 10.3 Å². The van der Waals surface area contributed by atoms with Crippen molar-refractivity contribution in [2.75, 3.05) is 20.0 Å². The average molecular weight is 508 g/mol. The van der Waals surface area contributed by atoms with Crippen molar-refractivity contribution in [3.05, 3.63) is 84.1 Å². The van der Waals surface area contributed by atoms with Gasteiger partial charge in [-0.15, -0.1) is 5.10 Å². The minimum absolute atomic E-state index is 0.0224. The lowest BCUT2D eigenvalue weighted by atomic mass is 10.1. The standard InChI is InChI=1S/C26H25N3O6S/c1-4-34-26(30)24-25(29(28-27-24)17-18-5-11-21(33-2)12-6-18)35-22-13-7-19(8-14-22)20-9-15-23(16-10-20)36(3,31)32/h5-16H,4,17H2,1-3H3. The smallest absolute Gasteiger partial charge is 0.364 e. The first-order valence-corrected chi connectivity index (χ1v) is 13.0. The Kier molecular flexibility index (Phi) is 7.35. The summed E-state index contributed by atoms with van der Waals surface area (Å²) >= 11 is 0. The normalized spacial score (nSPS) is 11.2. The molecule has 0 aliphatic rings. The predicted octanol–water partition coefficient (Wildman–Crippen LogP) is 4.37. The molecule has 9 nitrogen and oxygen atoms in total. The first-order chi connectivity index (χ1) is 17.3. The molecule has 0 bridgehead atoms. The average Bonchev–Trinajstić information content (AvgIpc) is 3.26. The number of hydrogen-bond donors (Lipinski definition) is 0. The summed E-state index contributed by atoms with van der Waals surface area (Å²) in [4.78, 5) is 12.7. The molecule has 1 aromatic heterocycles. The minimum atomic E-state index is -3.26. The van der Waals surface area contributed by atoms with E-state index >= 15 is 0 Å². The number of aromatic nitrogens is 3. The highest BCUT2D eigenvalue weighted by molar-refractivity contribution is 7.90. The summed E-state index contributed by atoms with van der Waals surface area (Å²) in [6, 6.07) is 21.3. The van der Waals surface area contributed by atoms with Gasteiger partial charge in [0.15, 0.2) is 9.84 Å². The van der Waals surface area contributed by atoms with Gasteiger partial charge in [0.2, 0.25) is 5.69 Å². The van der Waals surface area contributed by atoms with Crippen molar-refractivity contribution in [1.29, 1.82) is 0 Å². The number of rotatable bonds is 9. The highest BCUT2D eigenvalue weighted by Crippen LogP contribution is 2.29. The first-order valence-electron chi connectivity index (χ1n) is 11.1. The van der Waals surface area contributed by atoms with Crippen molar-refractivity contribution in [3.8, 4) is 28.5 Å². The van der Waals surface area contributed by atoms with Crippen molar-refractivity contribution in [2.45, 2.75) is 18.4 Å². The van der Waals surface area contributed by atoms with Crippen LogP contribution in [0.3, 0.4) is 0 Å². The van der Waals surface area contributed by atoms with Gasteiger partial charge >= 0.3 is 5.97 Å². The monoisotopic (exact) mass is 507 g/mol. The molecule has 0 atom stereocenters.